The van der Waals surface area contributed by atoms with Crippen molar-refractivity contribution in [2.45, 2.75) is 58.3 Å². The maximum atomic E-state index is 3.56. The first-order chi connectivity index (χ1) is 9.92. The Balaban J connectivity index is 1.58. The normalized spacial score (nSPS) is 11.1. The van der Waals surface area contributed by atoms with Crippen LogP contribution >= 0.6 is 0 Å². The molecule has 0 bridgehead atoms. The second-order valence-corrected chi connectivity index (χ2v) is 5.65. The molecule has 1 heterocycles. The number of unbranched alkanes of at least 4 members (excludes halogenated alkanes) is 7. The minimum atomic E-state index is 1.08. The lowest BCUT2D eigenvalue weighted by molar-refractivity contribution is 0.581. The molecule has 1 aromatic carbocycles. The zero-order valence-electron chi connectivity index (χ0n) is 12.8. The number of benzene rings is 1. The van der Waals surface area contributed by atoms with E-state index in [2.05, 4.69) is 41.5 Å². The summed E-state index contributed by atoms with van der Waals surface area (Å²) in [5, 5.41) is 4.86. The van der Waals surface area contributed by atoms with E-state index in [1.54, 1.807) is 0 Å². The number of aromatic nitrogens is 1. The highest BCUT2D eigenvalue weighted by Crippen LogP contribution is 2.22. The van der Waals surface area contributed by atoms with Gasteiger partial charge in [0.05, 0.1) is 0 Å². The highest BCUT2D eigenvalue weighted by atomic mass is 14.9. The topological polar surface area (TPSA) is 27.8 Å². The summed E-state index contributed by atoms with van der Waals surface area (Å²) in [6, 6.07) is 8.54. The van der Waals surface area contributed by atoms with E-state index in [4.69, 9.17) is 0 Å². The first kappa shape index (κ1) is 15.0. The molecular weight excluding hydrogens is 244 g/mol. The van der Waals surface area contributed by atoms with Crippen molar-refractivity contribution in [3.8, 4) is 0 Å². The number of anilines is 1. The Hall–Kier alpha value is -1.44. The predicted octanol–water partition coefficient (Wildman–Crippen LogP) is 5.72. The first-order valence-corrected chi connectivity index (χ1v) is 8.22. The number of H-pyrrole nitrogens is 1. The summed E-state index contributed by atoms with van der Waals surface area (Å²) in [5.74, 6) is 0. The lowest BCUT2D eigenvalue weighted by Crippen LogP contribution is -2.01. The molecule has 0 saturated heterocycles. The molecule has 0 atom stereocenters. The predicted molar refractivity (Wildman–Crippen MR) is 89.4 cm³/mol. The monoisotopic (exact) mass is 272 g/mol. The van der Waals surface area contributed by atoms with Gasteiger partial charge in [0.2, 0.25) is 0 Å². The quantitative estimate of drug-likeness (QED) is 0.532. The molecular formula is C18H28N2. The maximum absolute atomic E-state index is 3.56. The van der Waals surface area contributed by atoms with Crippen LogP contribution < -0.4 is 5.32 Å². The summed E-state index contributed by atoms with van der Waals surface area (Å²) in [7, 11) is 0. The minimum Gasteiger partial charge on any atom is -0.384 e. The van der Waals surface area contributed by atoms with Gasteiger partial charge < -0.3 is 10.3 Å². The van der Waals surface area contributed by atoms with Crippen molar-refractivity contribution in [2.75, 3.05) is 11.9 Å². The highest BCUT2D eigenvalue weighted by Gasteiger charge is 2.00. The fourth-order valence-electron chi connectivity index (χ4n) is 2.72. The van der Waals surface area contributed by atoms with Crippen molar-refractivity contribution in [1.29, 1.82) is 0 Å². The Labute approximate surface area is 123 Å². The molecule has 2 rings (SSSR count). The van der Waals surface area contributed by atoms with Crippen LogP contribution in [0.3, 0.4) is 0 Å². The molecule has 0 spiro atoms. The Bertz CT molecular complexity index is 487. The number of rotatable bonds is 10. The number of aromatic amines is 1. The third kappa shape index (κ3) is 4.59. The summed E-state index contributed by atoms with van der Waals surface area (Å²) >= 11 is 0. The summed E-state index contributed by atoms with van der Waals surface area (Å²) in [4.78, 5) is 3.25. The van der Waals surface area contributed by atoms with E-state index in [0.717, 1.165) is 6.54 Å². The van der Waals surface area contributed by atoms with Crippen LogP contribution in [0.25, 0.3) is 10.9 Å². The molecule has 2 N–H and O–H groups in total. The van der Waals surface area contributed by atoms with Gasteiger partial charge in [-0.3, -0.25) is 0 Å². The second-order valence-electron chi connectivity index (χ2n) is 5.65. The van der Waals surface area contributed by atoms with Crippen LogP contribution in [-0.2, 0) is 0 Å². The van der Waals surface area contributed by atoms with Gasteiger partial charge in [0.25, 0.3) is 0 Å². The Morgan fingerprint density at radius 2 is 1.65 bits per heavy atom. The van der Waals surface area contributed by atoms with Crippen LogP contribution in [0.15, 0.2) is 30.5 Å². The van der Waals surface area contributed by atoms with Crippen molar-refractivity contribution in [3.63, 3.8) is 0 Å². The first-order valence-electron chi connectivity index (χ1n) is 8.22. The standard InChI is InChI=1S/C18H28N2/c1-2-3-4-5-6-7-8-9-14-19-17-11-10-12-18-16(17)13-15-20-18/h10-13,15,19-20H,2-9,14H2,1H3. The molecule has 0 aliphatic carbocycles. The second kappa shape index (κ2) is 8.68. The molecule has 0 unspecified atom stereocenters. The molecule has 0 amide bonds. The lowest BCUT2D eigenvalue weighted by Gasteiger charge is -2.07. The minimum absolute atomic E-state index is 1.08. The van der Waals surface area contributed by atoms with Gasteiger partial charge in [-0.25, -0.2) is 0 Å². The summed E-state index contributed by atoms with van der Waals surface area (Å²) in [6.07, 6.45) is 13.0. The molecule has 0 aliphatic heterocycles. The molecule has 0 radical (unpaired) electrons. The van der Waals surface area contributed by atoms with Crippen LogP contribution in [0.4, 0.5) is 5.69 Å². The van der Waals surface area contributed by atoms with Crippen molar-refractivity contribution in [1.82, 2.24) is 4.98 Å². The largest absolute Gasteiger partial charge is 0.384 e. The Morgan fingerprint density at radius 1 is 0.900 bits per heavy atom. The van der Waals surface area contributed by atoms with E-state index in [1.807, 2.05) is 6.20 Å². The molecule has 2 aromatic rings. The van der Waals surface area contributed by atoms with Gasteiger partial charge >= 0.3 is 0 Å². The van der Waals surface area contributed by atoms with Gasteiger partial charge in [0, 0.05) is 29.3 Å². The van der Waals surface area contributed by atoms with E-state index >= 15 is 0 Å². The zero-order chi connectivity index (χ0) is 14.0. The lowest BCUT2D eigenvalue weighted by atomic mass is 10.1. The number of fused-ring (bicyclic) bond motifs is 1. The van der Waals surface area contributed by atoms with E-state index in [1.165, 1.54) is 68.0 Å². The smallest absolute Gasteiger partial charge is 0.0474 e. The Kier molecular flexibility index (Phi) is 6.49. The van der Waals surface area contributed by atoms with E-state index < -0.39 is 0 Å². The molecule has 0 aliphatic rings. The van der Waals surface area contributed by atoms with Crippen LogP contribution in [0.1, 0.15) is 58.3 Å². The molecule has 1 aromatic heterocycles. The van der Waals surface area contributed by atoms with Gasteiger partial charge in [-0.05, 0) is 24.6 Å². The molecule has 0 saturated carbocycles. The van der Waals surface area contributed by atoms with Gasteiger partial charge in [0.1, 0.15) is 0 Å². The summed E-state index contributed by atoms with van der Waals surface area (Å²) in [5.41, 5.74) is 2.47. The van der Waals surface area contributed by atoms with Crippen LogP contribution in [0.2, 0.25) is 0 Å². The SMILES string of the molecule is CCCCCCCCCCNc1cccc2[nH]ccc12. The summed E-state index contributed by atoms with van der Waals surface area (Å²) in [6.45, 7) is 3.36. The molecule has 110 valence electrons. The van der Waals surface area contributed by atoms with Gasteiger partial charge in [-0.15, -0.1) is 0 Å². The molecule has 20 heavy (non-hydrogen) atoms. The highest BCUT2D eigenvalue weighted by molar-refractivity contribution is 5.91. The van der Waals surface area contributed by atoms with Crippen LogP contribution in [0, 0.1) is 0 Å². The fraction of sp³-hybridized carbons (Fsp3) is 0.556. The number of hydrogen-bond acceptors (Lipinski definition) is 1. The van der Waals surface area contributed by atoms with Crippen molar-refractivity contribution >= 4 is 16.6 Å². The third-order valence-corrected chi connectivity index (χ3v) is 3.94. The maximum Gasteiger partial charge on any atom is 0.0474 e. The molecule has 0 fully saturated rings. The van der Waals surface area contributed by atoms with Gasteiger partial charge in [0.15, 0.2) is 0 Å². The van der Waals surface area contributed by atoms with Crippen molar-refractivity contribution in [3.05, 3.63) is 30.5 Å². The van der Waals surface area contributed by atoms with Crippen LogP contribution in [0.5, 0.6) is 0 Å². The molecule has 2 heteroatoms. The molecule has 2 nitrogen and oxygen atoms in total. The number of nitrogens with one attached hydrogen (secondary N) is 2. The average Bonchev–Trinajstić information content (AvgIpc) is 2.95. The average molecular weight is 272 g/mol. The van der Waals surface area contributed by atoms with Gasteiger partial charge in [-0.1, -0.05) is 57.9 Å². The zero-order valence-corrected chi connectivity index (χ0v) is 12.8. The van der Waals surface area contributed by atoms with E-state index in [9.17, 15) is 0 Å². The van der Waals surface area contributed by atoms with E-state index in [0.29, 0.717) is 0 Å². The summed E-state index contributed by atoms with van der Waals surface area (Å²) < 4.78 is 0. The van der Waals surface area contributed by atoms with E-state index in [-0.39, 0.29) is 0 Å². The van der Waals surface area contributed by atoms with Crippen LogP contribution in [-0.4, -0.2) is 11.5 Å². The fourth-order valence-corrected chi connectivity index (χ4v) is 2.72. The Morgan fingerprint density at radius 3 is 2.45 bits per heavy atom. The third-order valence-electron chi connectivity index (χ3n) is 3.94. The van der Waals surface area contributed by atoms with Gasteiger partial charge in [-0.2, -0.15) is 0 Å². The number of hydrogen-bond donors (Lipinski definition) is 2. The van der Waals surface area contributed by atoms with Crippen molar-refractivity contribution < 1.29 is 0 Å². The van der Waals surface area contributed by atoms with Crippen molar-refractivity contribution in [2.24, 2.45) is 0 Å².